The molecule has 2 atom stereocenters. The van der Waals surface area contributed by atoms with Gasteiger partial charge in [0, 0.05) is 18.1 Å². The van der Waals surface area contributed by atoms with Gasteiger partial charge < -0.3 is 15.2 Å². The predicted octanol–water partition coefficient (Wildman–Crippen LogP) is 4.20. The Balaban J connectivity index is 1.95. The molecule has 26 heavy (non-hydrogen) atoms. The van der Waals surface area contributed by atoms with Crippen LogP contribution in [0.3, 0.4) is 0 Å². The molecule has 2 aromatic carbocycles. The number of nitrogens with one attached hydrogen (secondary N) is 1. The summed E-state index contributed by atoms with van der Waals surface area (Å²) in [5, 5.41) is 11.7. The lowest BCUT2D eigenvalue weighted by molar-refractivity contribution is -0.120. The van der Waals surface area contributed by atoms with Crippen molar-refractivity contribution in [2.75, 3.05) is 4.90 Å². The quantitative estimate of drug-likeness (QED) is 0.724. The molecule has 2 aromatic rings. The number of carboxylic acid groups (broad SMARTS) is 1. The Morgan fingerprint density at radius 2 is 2.08 bits per heavy atom. The molecule has 2 aliphatic heterocycles. The topological polar surface area (TPSA) is 78.9 Å². The summed E-state index contributed by atoms with van der Waals surface area (Å²) in [4.78, 5) is 25.5. The molecule has 0 bridgehead atoms. The van der Waals surface area contributed by atoms with Crippen LogP contribution in [0.1, 0.15) is 24.4 Å². The second-order valence-electron chi connectivity index (χ2n) is 6.18. The minimum absolute atomic E-state index is 0.168. The van der Waals surface area contributed by atoms with E-state index in [-0.39, 0.29) is 22.6 Å². The van der Waals surface area contributed by atoms with Gasteiger partial charge in [-0.3, -0.25) is 9.69 Å². The van der Waals surface area contributed by atoms with Gasteiger partial charge in [-0.1, -0.05) is 18.2 Å². The summed E-state index contributed by atoms with van der Waals surface area (Å²) in [5.74, 6) is 0.00249. The van der Waals surface area contributed by atoms with Crippen LogP contribution in [-0.4, -0.2) is 23.1 Å². The molecule has 2 unspecified atom stereocenters. The van der Waals surface area contributed by atoms with Crippen molar-refractivity contribution in [2.24, 2.45) is 0 Å². The van der Waals surface area contributed by atoms with Gasteiger partial charge in [-0.15, -0.1) is 0 Å². The molecule has 134 valence electrons. The van der Waals surface area contributed by atoms with Crippen LogP contribution < -0.4 is 15.0 Å². The number of piperidine rings is 1. The lowest BCUT2D eigenvalue weighted by atomic mass is 9.89. The van der Waals surface area contributed by atoms with Crippen LogP contribution in [0, 0.1) is 5.82 Å². The molecule has 0 spiro atoms. The molecule has 0 saturated carbocycles. The zero-order valence-corrected chi connectivity index (χ0v) is 15.0. The number of amides is 2. The molecule has 2 N–H and O–H groups in total. The van der Waals surface area contributed by atoms with Crippen LogP contribution in [0.25, 0.3) is 0 Å². The Morgan fingerprint density at radius 3 is 2.85 bits per heavy atom. The summed E-state index contributed by atoms with van der Waals surface area (Å²) in [6.45, 7) is 0. The smallest absolute Gasteiger partial charge is 0.404 e. The molecular weight excluding hydrogens is 407 g/mol. The first-order valence-corrected chi connectivity index (χ1v) is 8.82. The number of ether oxygens (including phenoxy) is 1. The van der Waals surface area contributed by atoms with Gasteiger partial charge in [-0.2, -0.15) is 0 Å². The highest BCUT2D eigenvalue weighted by Gasteiger charge is 2.43. The summed E-state index contributed by atoms with van der Waals surface area (Å²) in [5.41, 5.74) is 1.08. The first-order valence-electron chi connectivity index (χ1n) is 8.03. The molecule has 0 radical (unpaired) electrons. The minimum atomic E-state index is -1.16. The number of carbonyl (C=O) groups is 2. The van der Waals surface area contributed by atoms with E-state index in [0.29, 0.717) is 23.4 Å². The number of nitrogens with zero attached hydrogens (tertiary/aromatic N) is 1. The molecule has 2 heterocycles. The number of benzene rings is 2. The van der Waals surface area contributed by atoms with Gasteiger partial charge in [-0.25, -0.2) is 9.18 Å². The lowest BCUT2D eigenvalue weighted by Crippen LogP contribution is -2.52. The molecule has 0 aliphatic carbocycles. The van der Waals surface area contributed by atoms with Crippen LogP contribution in [-0.2, 0) is 4.79 Å². The van der Waals surface area contributed by atoms with Crippen molar-refractivity contribution in [3.05, 3.63) is 52.3 Å². The normalized spacial score (nSPS) is 21.0. The van der Waals surface area contributed by atoms with Gasteiger partial charge in [-0.05, 0) is 34.5 Å². The lowest BCUT2D eigenvalue weighted by Gasteiger charge is -2.40. The van der Waals surface area contributed by atoms with Gasteiger partial charge in [0.25, 0.3) is 0 Å². The van der Waals surface area contributed by atoms with Crippen molar-refractivity contribution in [1.82, 2.24) is 5.32 Å². The molecular formula is C18H14BrFN2O4. The number of hydrogen-bond acceptors (Lipinski definition) is 3. The van der Waals surface area contributed by atoms with E-state index in [2.05, 4.69) is 21.2 Å². The third-order valence-corrected chi connectivity index (χ3v) is 5.23. The van der Waals surface area contributed by atoms with Crippen molar-refractivity contribution in [1.29, 1.82) is 0 Å². The summed E-state index contributed by atoms with van der Waals surface area (Å²) >= 11 is 3.15. The van der Waals surface area contributed by atoms with E-state index < -0.39 is 24.0 Å². The van der Waals surface area contributed by atoms with E-state index in [4.69, 9.17) is 4.74 Å². The van der Waals surface area contributed by atoms with E-state index >= 15 is 0 Å². The highest BCUT2D eigenvalue weighted by atomic mass is 79.9. The number of para-hydroxylation sites is 1. The number of halogens is 2. The van der Waals surface area contributed by atoms with E-state index in [1.807, 2.05) is 0 Å². The van der Waals surface area contributed by atoms with Crippen LogP contribution in [0.2, 0.25) is 0 Å². The molecule has 6 nitrogen and oxygen atoms in total. The molecule has 2 aliphatic rings. The van der Waals surface area contributed by atoms with Gasteiger partial charge in [0.05, 0.1) is 22.2 Å². The maximum absolute atomic E-state index is 14.1. The number of hydrogen-bond donors (Lipinski definition) is 2. The zero-order chi connectivity index (χ0) is 18.4. The third kappa shape index (κ3) is 2.70. The Labute approximate surface area is 156 Å². The Kier molecular flexibility index (Phi) is 4.07. The minimum Gasteiger partial charge on any atom is -0.465 e. The van der Waals surface area contributed by atoms with Crippen molar-refractivity contribution in [3.8, 4) is 11.5 Å². The SMILES string of the molecule is O=C(O)NC1CCC(=O)N2c3cc(Br)c(F)cc3Oc3ccccc3C12. The Morgan fingerprint density at radius 1 is 1.31 bits per heavy atom. The highest BCUT2D eigenvalue weighted by Crippen LogP contribution is 2.49. The second kappa shape index (κ2) is 6.28. The highest BCUT2D eigenvalue weighted by molar-refractivity contribution is 9.10. The second-order valence-corrected chi connectivity index (χ2v) is 7.03. The first-order chi connectivity index (χ1) is 12.5. The largest absolute Gasteiger partial charge is 0.465 e. The van der Waals surface area contributed by atoms with Gasteiger partial charge in [0.15, 0.2) is 5.75 Å². The summed E-state index contributed by atoms with van der Waals surface area (Å²) in [6.07, 6.45) is -0.608. The standard InChI is InChI=1S/C18H14BrFN2O4/c19-10-7-13-15(8-11(10)20)26-14-4-2-1-3-9(14)17-12(21-18(24)25)5-6-16(23)22(13)17/h1-4,7-8,12,17,21H,5-6H2,(H,24,25). The zero-order valence-electron chi connectivity index (χ0n) is 13.4. The summed E-state index contributed by atoms with van der Waals surface area (Å²) < 4.78 is 20.2. The fourth-order valence-electron chi connectivity index (χ4n) is 3.57. The maximum atomic E-state index is 14.1. The number of rotatable bonds is 1. The molecule has 0 aromatic heterocycles. The van der Waals surface area contributed by atoms with Crippen molar-refractivity contribution < 1.29 is 23.8 Å². The van der Waals surface area contributed by atoms with Crippen LogP contribution in [0.15, 0.2) is 40.9 Å². The number of carbonyl (C=O) groups excluding carboxylic acids is 1. The van der Waals surface area contributed by atoms with Gasteiger partial charge in [0.1, 0.15) is 11.6 Å². The monoisotopic (exact) mass is 420 g/mol. The first kappa shape index (κ1) is 16.8. The van der Waals surface area contributed by atoms with Crippen molar-refractivity contribution in [2.45, 2.75) is 24.9 Å². The van der Waals surface area contributed by atoms with E-state index in [1.54, 1.807) is 24.3 Å². The average Bonchev–Trinajstić information content (AvgIpc) is 2.73. The maximum Gasteiger partial charge on any atom is 0.404 e. The van der Waals surface area contributed by atoms with Crippen LogP contribution in [0.4, 0.5) is 14.9 Å². The molecule has 4 rings (SSSR count). The van der Waals surface area contributed by atoms with Crippen molar-refractivity contribution in [3.63, 3.8) is 0 Å². The number of fused-ring (bicyclic) bond motifs is 5. The summed E-state index contributed by atoms with van der Waals surface area (Å²) in [7, 11) is 0. The van der Waals surface area contributed by atoms with E-state index in [0.717, 1.165) is 0 Å². The van der Waals surface area contributed by atoms with Crippen LogP contribution >= 0.6 is 15.9 Å². The molecule has 1 fully saturated rings. The van der Waals surface area contributed by atoms with Gasteiger partial charge >= 0.3 is 6.09 Å². The van der Waals surface area contributed by atoms with Crippen LogP contribution in [0.5, 0.6) is 11.5 Å². The molecule has 1 saturated heterocycles. The van der Waals surface area contributed by atoms with E-state index in [9.17, 15) is 19.1 Å². The summed E-state index contributed by atoms with van der Waals surface area (Å²) in [6, 6.07) is 8.70. The fraction of sp³-hybridized carbons (Fsp3) is 0.222. The fourth-order valence-corrected chi connectivity index (χ4v) is 3.90. The van der Waals surface area contributed by atoms with E-state index in [1.165, 1.54) is 17.0 Å². The Bertz CT molecular complexity index is 920. The number of anilines is 1. The van der Waals surface area contributed by atoms with Crippen molar-refractivity contribution >= 4 is 33.6 Å². The predicted molar refractivity (Wildman–Crippen MR) is 95.0 cm³/mol. The molecule has 8 heteroatoms. The third-order valence-electron chi connectivity index (χ3n) is 4.63. The molecule has 2 amide bonds. The Hall–Kier alpha value is -2.61. The average molecular weight is 421 g/mol. The van der Waals surface area contributed by atoms with Gasteiger partial charge in [0.2, 0.25) is 5.91 Å².